The summed E-state index contributed by atoms with van der Waals surface area (Å²) < 4.78 is 5.24. The van der Waals surface area contributed by atoms with Gasteiger partial charge in [0.25, 0.3) is 5.89 Å². The first-order valence-electron chi connectivity index (χ1n) is 5.25. The first kappa shape index (κ1) is 11.3. The molecule has 0 aliphatic heterocycles. The molecule has 0 fully saturated rings. The number of nitrogens with one attached hydrogen (secondary N) is 1. The lowest BCUT2D eigenvalue weighted by molar-refractivity contribution is 0.423. The molecule has 0 spiro atoms. The minimum atomic E-state index is 0.632. The van der Waals surface area contributed by atoms with Crippen molar-refractivity contribution < 1.29 is 4.52 Å². The minimum Gasteiger partial charge on any atom is -0.333 e. The summed E-state index contributed by atoms with van der Waals surface area (Å²) in [6.45, 7) is 5.05. The Bertz CT molecular complexity index is 456. The molecular weight excluding hydrogens is 222 g/mol. The van der Waals surface area contributed by atoms with E-state index in [1.165, 1.54) is 10.4 Å². The van der Waals surface area contributed by atoms with Crippen LogP contribution in [-0.4, -0.2) is 23.7 Å². The molecule has 1 N–H and O–H groups in total. The first-order chi connectivity index (χ1) is 7.70. The third-order valence-electron chi connectivity index (χ3n) is 2.44. The molecule has 0 aliphatic carbocycles. The molecule has 2 heterocycles. The van der Waals surface area contributed by atoms with Crippen LogP contribution >= 0.6 is 11.3 Å². The maximum Gasteiger partial charge on any atom is 0.268 e. The van der Waals surface area contributed by atoms with E-state index < -0.39 is 0 Å². The second-order valence-electron chi connectivity index (χ2n) is 3.72. The molecule has 5 heteroatoms. The van der Waals surface area contributed by atoms with Crippen LogP contribution in [0.5, 0.6) is 0 Å². The molecule has 86 valence electrons. The maximum atomic E-state index is 5.24. The van der Waals surface area contributed by atoms with Crippen molar-refractivity contribution in [2.24, 2.45) is 0 Å². The molecule has 16 heavy (non-hydrogen) atoms. The Morgan fingerprint density at radius 3 is 2.88 bits per heavy atom. The molecule has 4 nitrogen and oxygen atoms in total. The zero-order valence-electron chi connectivity index (χ0n) is 9.70. The maximum absolute atomic E-state index is 5.24. The van der Waals surface area contributed by atoms with E-state index in [-0.39, 0.29) is 0 Å². The van der Waals surface area contributed by atoms with Crippen molar-refractivity contribution in [2.45, 2.75) is 20.3 Å². The van der Waals surface area contributed by atoms with Crippen molar-refractivity contribution in [2.75, 3.05) is 13.6 Å². The highest BCUT2D eigenvalue weighted by Gasteiger charge is 2.11. The van der Waals surface area contributed by atoms with Gasteiger partial charge in [0.05, 0.1) is 4.88 Å². The van der Waals surface area contributed by atoms with Crippen LogP contribution < -0.4 is 5.32 Å². The summed E-state index contributed by atoms with van der Waals surface area (Å²) in [4.78, 5) is 6.72. The highest BCUT2D eigenvalue weighted by atomic mass is 32.1. The molecule has 0 bridgehead atoms. The number of nitrogens with zero attached hydrogens (tertiary/aromatic N) is 2. The highest BCUT2D eigenvalue weighted by Crippen LogP contribution is 2.29. The minimum absolute atomic E-state index is 0.632. The van der Waals surface area contributed by atoms with Crippen molar-refractivity contribution in [3.05, 3.63) is 22.3 Å². The van der Waals surface area contributed by atoms with Crippen LogP contribution in [-0.2, 0) is 6.42 Å². The van der Waals surface area contributed by atoms with Gasteiger partial charge in [-0.2, -0.15) is 4.98 Å². The van der Waals surface area contributed by atoms with E-state index in [1.54, 1.807) is 11.3 Å². The van der Waals surface area contributed by atoms with Crippen LogP contribution in [0.3, 0.4) is 0 Å². The predicted octanol–water partition coefficient (Wildman–Crippen LogP) is 2.18. The molecule has 0 aromatic carbocycles. The topological polar surface area (TPSA) is 51.0 Å². The smallest absolute Gasteiger partial charge is 0.268 e. The van der Waals surface area contributed by atoms with E-state index in [9.17, 15) is 0 Å². The van der Waals surface area contributed by atoms with Gasteiger partial charge in [0.15, 0.2) is 5.82 Å². The summed E-state index contributed by atoms with van der Waals surface area (Å²) >= 11 is 1.69. The van der Waals surface area contributed by atoms with Crippen LogP contribution in [0.25, 0.3) is 10.8 Å². The Morgan fingerprint density at radius 1 is 1.44 bits per heavy atom. The van der Waals surface area contributed by atoms with E-state index in [1.807, 2.05) is 7.05 Å². The fourth-order valence-corrected chi connectivity index (χ4v) is 2.33. The van der Waals surface area contributed by atoms with Gasteiger partial charge in [-0.1, -0.05) is 5.16 Å². The van der Waals surface area contributed by atoms with Gasteiger partial charge in [0, 0.05) is 17.8 Å². The molecule has 2 rings (SSSR count). The van der Waals surface area contributed by atoms with Gasteiger partial charge < -0.3 is 9.84 Å². The van der Waals surface area contributed by atoms with Gasteiger partial charge in [0.1, 0.15) is 0 Å². The van der Waals surface area contributed by atoms with Crippen LogP contribution in [0.2, 0.25) is 0 Å². The van der Waals surface area contributed by atoms with Crippen LogP contribution in [0.1, 0.15) is 16.3 Å². The fraction of sp³-hybridized carbons (Fsp3) is 0.455. The molecule has 0 saturated carbocycles. The average molecular weight is 237 g/mol. The standard InChI is InChI=1S/C11H15N3OS/c1-7-6-9(16-8(7)2)11-13-10(14-15-11)4-5-12-3/h6,12H,4-5H2,1-3H3. The average Bonchev–Trinajstić information content (AvgIpc) is 2.84. The second kappa shape index (κ2) is 4.76. The normalized spacial score (nSPS) is 10.9. The Kier molecular flexibility index (Phi) is 3.36. The van der Waals surface area contributed by atoms with Crippen LogP contribution in [0.15, 0.2) is 10.6 Å². The molecule has 0 saturated heterocycles. The number of hydrogen-bond donors (Lipinski definition) is 1. The number of aryl methyl sites for hydroxylation is 2. The number of likely N-dealkylation sites (N-methyl/N-ethyl adjacent to an activating group) is 1. The molecule has 0 aliphatic rings. The SMILES string of the molecule is CNCCc1noc(-c2cc(C)c(C)s2)n1. The summed E-state index contributed by atoms with van der Waals surface area (Å²) in [5.41, 5.74) is 1.27. The van der Waals surface area contributed by atoms with Crippen molar-refractivity contribution in [1.29, 1.82) is 0 Å². The Labute approximate surface area is 98.7 Å². The molecule has 0 amide bonds. The van der Waals surface area contributed by atoms with E-state index in [0.29, 0.717) is 5.89 Å². The van der Waals surface area contributed by atoms with Gasteiger partial charge in [0.2, 0.25) is 0 Å². The largest absolute Gasteiger partial charge is 0.333 e. The Morgan fingerprint density at radius 2 is 2.25 bits per heavy atom. The van der Waals surface area contributed by atoms with E-state index in [4.69, 9.17) is 4.52 Å². The zero-order valence-corrected chi connectivity index (χ0v) is 10.5. The third-order valence-corrected chi connectivity index (χ3v) is 3.58. The monoisotopic (exact) mass is 237 g/mol. The number of rotatable bonds is 4. The third kappa shape index (κ3) is 2.31. The lowest BCUT2D eigenvalue weighted by Crippen LogP contribution is -2.10. The summed E-state index contributed by atoms with van der Waals surface area (Å²) in [7, 11) is 1.91. The van der Waals surface area contributed by atoms with Gasteiger partial charge >= 0.3 is 0 Å². The number of hydrogen-bond acceptors (Lipinski definition) is 5. The first-order valence-corrected chi connectivity index (χ1v) is 6.07. The van der Waals surface area contributed by atoms with Crippen molar-refractivity contribution >= 4 is 11.3 Å². The summed E-state index contributed by atoms with van der Waals surface area (Å²) in [5.74, 6) is 1.39. The van der Waals surface area contributed by atoms with Gasteiger partial charge in [-0.05, 0) is 32.5 Å². The molecule has 0 radical (unpaired) electrons. The lowest BCUT2D eigenvalue weighted by Gasteiger charge is -1.90. The Balaban J connectivity index is 2.18. The van der Waals surface area contributed by atoms with E-state index in [0.717, 1.165) is 23.7 Å². The summed E-state index contributed by atoms with van der Waals surface area (Å²) in [6, 6.07) is 2.09. The number of aromatic nitrogens is 2. The van der Waals surface area contributed by atoms with Crippen LogP contribution in [0, 0.1) is 13.8 Å². The van der Waals surface area contributed by atoms with Crippen molar-refractivity contribution in [3.63, 3.8) is 0 Å². The van der Waals surface area contributed by atoms with Gasteiger partial charge in [-0.25, -0.2) is 0 Å². The summed E-state index contributed by atoms with van der Waals surface area (Å²) in [6.07, 6.45) is 0.795. The highest BCUT2D eigenvalue weighted by molar-refractivity contribution is 7.15. The molecular formula is C11H15N3OS. The van der Waals surface area contributed by atoms with E-state index in [2.05, 4.69) is 35.4 Å². The molecule has 2 aromatic heterocycles. The fourth-order valence-electron chi connectivity index (χ4n) is 1.37. The van der Waals surface area contributed by atoms with Crippen LogP contribution in [0.4, 0.5) is 0 Å². The predicted molar refractivity (Wildman–Crippen MR) is 64.7 cm³/mol. The van der Waals surface area contributed by atoms with Crippen molar-refractivity contribution in [3.8, 4) is 10.8 Å². The number of thiophene rings is 1. The van der Waals surface area contributed by atoms with E-state index >= 15 is 0 Å². The van der Waals surface area contributed by atoms with Gasteiger partial charge in [-0.15, -0.1) is 11.3 Å². The quantitative estimate of drug-likeness (QED) is 0.885. The molecule has 0 unspecified atom stereocenters. The summed E-state index contributed by atoms with van der Waals surface area (Å²) in [5, 5.41) is 7.01. The van der Waals surface area contributed by atoms with Crippen molar-refractivity contribution in [1.82, 2.24) is 15.5 Å². The Hall–Kier alpha value is -1.20. The molecule has 2 aromatic rings. The molecule has 0 atom stereocenters. The lowest BCUT2D eigenvalue weighted by atomic mass is 10.3. The zero-order chi connectivity index (χ0) is 11.5. The van der Waals surface area contributed by atoms with Gasteiger partial charge in [-0.3, -0.25) is 0 Å². The second-order valence-corrected chi connectivity index (χ2v) is 4.98.